The fourth-order valence-corrected chi connectivity index (χ4v) is 3.72. The fourth-order valence-electron chi connectivity index (χ4n) is 3.72. The summed E-state index contributed by atoms with van der Waals surface area (Å²) >= 11 is 0. The van der Waals surface area contributed by atoms with Crippen LogP contribution in [0.4, 0.5) is 4.39 Å². The SMILES string of the molecule is CCc1nnc(C2CCC(Oc3ccccn3)CC2)n1-c1ccc(F)cc1. The number of pyridine rings is 1. The molecule has 0 aliphatic heterocycles. The van der Waals surface area contributed by atoms with Gasteiger partial charge in [-0.3, -0.25) is 4.57 Å². The molecule has 1 saturated carbocycles. The summed E-state index contributed by atoms with van der Waals surface area (Å²) in [6.45, 7) is 2.06. The van der Waals surface area contributed by atoms with E-state index >= 15 is 0 Å². The van der Waals surface area contributed by atoms with Crippen LogP contribution < -0.4 is 4.74 Å². The normalized spacial score (nSPS) is 19.8. The predicted molar refractivity (Wildman–Crippen MR) is 101 cm³/mol. The van der Waals surface area contributed by atoms with Crippen LogP contribution in [0.1, 0.15) is 50.2 Å². The molecule has 0 radical (unpaired) electrons. The molecule has 27 heavy (non-hydrogen) atoms. The van der Waals surface area contributed by atoms with Gasteiger partial charge in [0.2, 0.25) is 5.88 Å². The smallest absolute Gasteiger partial charge is 0.213 e. The first-order chi connectivity index (χ1) is 13.2. The molecule has 0 atom stereocenters. The minimum Gasteiger partial charge on any atom is -0.474 e. The van der Waals surface area contributed by atoms with Crippen LogP contribution in [0, 0.1) is 5.82 Å². The van der Waals surface area contributed by atoms with Crippen molar-refractivity contribution in [2.24, 2.45) is 0 Å². The summed E-state index contributed by atoms with van der Waals surface area (Å²) in [7, 11) is 0. The quantitative estimate of drug-likeness (QED) is 0.669. The summed E-state index contributed by atoms with van der Waals surface area (Å²) in [6, 6.07) is 12.3. The average molecular weight is 366 g/mol. The Morgan fingerprint density at radius 1 is 1.04 bits per heavy atom. The van der Waals surface area contributed by atoms with Gasteiger partial charge in [-0.2, -0.15) is 0 Å². The number of hydrogen-bond acceptors (Lipinski definition) is 4. The van der Waals surface area contributed by atoms with Crippen LogP contribution >= 0.6 is 0 Å². The van der Waals surface area contributed by atoms with Gasteiger partial charge in [-0.25, -0.2) is 9.37 Å². The second-order valence-electron chi connectivity index (χ2n) is 6.90. The van der Waals surface area contributed by atoms with Crippen LogP contribution in [0.3, 0.4) is 0 Å². The van der Waals surface area contributed by atoms with Crippen molar-refractivity contribution in [2.45, 2.75) is 51.0 Å². The molecule has 1 aliphatic carbocycles. The van der Waals surface area contributed by atoms with E-state index in [1.807, 2.05) is 18.2 Å². The van der Waals surface area contributed by atoms with Gasteiger partial charge in [-0.05, 0) is 56.0 Å². The summed E-state index contributed by atoms with van der Waals surface area (Å²) in [6.07, 6.45) is 6.60. The predicted octanol–water partition coefficient (Wildman–Crippen LogP) is 4.47. The van der Waals surface area contributed by atoms with Crippen molar-refractivity contribution >= 4 is 0 Å². The lowest BCUT2D eigenvalue weighted by molar-refractivity contribution is 0.139. The highest BCUT2D eigenvalue weighted by molar-refractivity contribution is 5.35. The van der Waals surface area contributed by atoms with Crippen molar-refractivity contribution in [3.05, 3.63) is 66.1 Å². The first-order valence-corrected chi connectivity index (χ1v) is 9.52. The van der Waals surface area contributed by atoms with Gasteiger partial charge in [0.1, 0.15) is 23.6 Å². The number of hydrogen-bond donors (Lipinski definition) is 0. The molecule has 0 saturated heterocycles. The van der Waals surface area contributed by atoms with Crippen molar-refractivity contribution in [3.8, 4) is 11.6 Å². The van der Waals surface area contributed by atoms with Crippen molar-refractivity contribution in [1.82, 2.24) is 19.7 Å². The number of halogens is 1. The van der Waals surface area contributed by atoms with E-state index in [1.54, 1.807) is 18.3 Å². The molecule has 1 aliphatic rings. The third-order valence-corrected chi connectivity index (χ3v) is 5.12. The molecule has 0 bridgehead atoms. The van der Waals surface area contributed by atoms with E-state index in [9.17, 15) is 4.39 Å². The molecular formula is C21H23FN4O. The topological polar surface area (TPSA) is 52.8 Å². The zero-order valence-corrected chi connectivity index (χ0v) is 15.4. The highest BCUT2D eigenvalue weighted by Gasteiger charge is 2.28. The van der Waals surface area contributed by atoms with Gasteiger partial charge in [0, 0.05) is 30.3 Å². The Balaban J connectivity index is 1.50. The van der Waals surface area contributed by atoms with Crippen LogP contribution in [0.15, 0.2) is 48.7 Å². The maximum Gasteiger partial charge on any atom is 0.213 e. The third kappa shape index (κ3) is 3.84. The van der Waals surface area contributed by atoms with Crippen LogP contribution in [0.2, 0.25) is 0 Å². The zero-order valence-electron chi connectivity index (χ0n) is 15.4. The number of nitrogens with zero attached hydrogens (tertiary/aromatic N) is 4. The van der Waals surface area contributed by atoms with Gasteiger partial charge < -0.3 is 4.74 Å². The molecule has 140 valence electrons. The molecule has 4 rings (SSSR count). The van der Waals surface area contributed by atoms with Crippen molar-refractivity contribution in [2.75, 3.05) is 0 Å². The lowest BCUT2D eigenvalue weighted by atomic mass is 9.86. The van der Waals surface area contributed by atoms with Gasteiger partial charge in [-0.1, -0.05) is 13.0 Å². The molecule has 0 spiro atoms. The average Bonchev–Trinajstić information content (AvgIpc) is 3.14. The molecule has 0 unspecified atom stereocenters. The number of aromatic nitrogens is 4. The maximum absolute atomic E-state index is 13.3. The van der Waals surface area contributed by atoms with E-state index in [-0.39, 0.29) is 11.9 Å². The fraction of sp³-hybridized carbons (Fsp3) is 0.381. The largest absolute Gasteiger partial charge is 0.474 e. The van der Waals surface area contributed by atoms with Crippen molar-refractivity contribution in [3.63, 3.8) is 0 Å². The molecule has 2 aromatic heterocycles. The highest BCUT2D eigenvalue weighted by atomic mass is 19.1. The maximum atomic E-state index is 13.3. The number of aryl methyl sites for hydroxylation is 1. The summed E-state index contributed by atoms with van der Waals surface area (Å²) in [4.78, 5) is 4.25. The van der Waals surface area contributed by atoms with Crippen LogP contribution in [0.25, 0.3) is 5.69 Å². The second kappa shape index (κ2) is 7.86. The summed E-state index contributed by atoms with van der Waals surface area (Å²) in [5.74, 6) is 2.65. The van der Waals surface area contributed by atoms with E-state index in [4.69, 9.17) is 4.74 Å². The molecule has 6 heteroatoms. The van der Waals surface area contributed by atoms with Crippen LogP contribution in [0.5, 0.6) is 5.88 Å². The molecule has 0 N–H and O–H groups in total. The zero-order chi connectivity index (χ0) is 18.6. The Morgan fingerprint density at radius 3 is 2.48 bits per heavy atom. The van der Waals surface area contributed by atoms with Gasteiger partial charge in [0.15, 0.2) is 0 Å². The monoisotopic (exact) mass is 366 g/mol. The van der Waals surface area contributed by atoms with Crippen molar-refractivity contribution in [1.29, 1.82) is 0 Å². The van der Waals surface area contributed by atoms with E-state index in [1.165, 1.54) is 12.1 Å². The van der Waals surface area contributed by atoms with Gasteiger partial charge in [0.25, 0.3) is 0 Å². The Labute approximate surface area is 158 Å². The Kier molecular flexibility index (Phi) is 5.14. The lowest BCUT2D eigenvalue weighted by Crippen LogP contribution is -2.25. The van der Waals surface area contributed by atoms with E-state index in [2.05, 4.69) is 26.7 Å². The lowest BCUT2D eigenvalue weighted by Gasteiger charge is -2.28. The summed E-state index contributed by atoms with van der Waals surface area (Å²) in [5.41, 5.74) is 0.917. The minimum absolute atomic E-state index is 0.184. The number of rotatable bonds is 5. The summed E-state index contributed by atoms with van der Waals surface area (Å²) in [5, 5.41) is 8.86. The molecule has 3 aromatic rings. The van der Waals surface area contributed by atoms with Crippen LogP contribution in [-0.2, 0) is 6.42 Å². The molecule has 1 fully saturated rings. The molecule has 2 heterocycles. The first-order valence-electron chi connectivity index (χ1n) is 9.52. The Morgan fingerprint density at radius 2 is 1.81 bits per heavy atom. The van der Waals surface area contributed by atoms with E-state index in [0.717, 1.165) is 49.4 Å². The summed E-state index contributed by atoms with van der Waals surface area (Å²) < 4.78 is 21.4. The Hall–Kier alpha value is -2.76. The highest BCUT2D eigenvalue weighted by Crippen LogP contribution is 2.35. The molecule has 5 nitrogen and oxygen atoms in total. The van der Waals surface area contributed by atoms with Gasteiger partial charge >= 0.3 is 0 Å². The number of ether oxygens (including phenoxy) is 1. The first kappa shape index (κ1) is 17.6. The molecule has 0 amide bonds. The number of benzene rings is 1. The van der Waals surface area contributed by atoms with E-state index in [0.29, 0.717) is 11.8 Å². The van der Waals surface area contributed by atoms with Gasteiger partial charge in [-0.15, -0.1) is 10.2 Å². The Bertz CT molecular complexity index is 871. The van der Waals surface area contributed by atoms with Crippen LogP contribution in [-0.4, -0.2) is 25.9 Å². The molecular weight excluding hydrogens is 343 g/mol. The molecule has 1 aromatic carbocycles. The second-order valence-corrected chi connectivity index (χ2v) is 6.90. The third-order valence-electron chi connectivity index (χ3n) is 5.12. The standard InChI is InChI=1S/C21H23FN4O/c1-2-19-24-25-21(26(19)17-10-8-16(22)9-11-17)15-6-12-18(13-7-15)27-20-5-3-4-14-23-20/h3-5,8-11,14-15,18H,2,6-7,12-13H2,1H3. The van der Waals surface area contributed by atoms with E-state index < -0.39 is 0 Å². The van der Waals surface area contributed by atoms with Gasteiger partial charge in [0.05, 0.1) is 0 Å². The van der Waals surface area contributed by atoms with Crippen molar-refractivity contribution < 1.29 is 9.13 Å². The minimum atomic E-state index is -0.237.